The lowest BCUT2D eigenvalue weighted by atomic mass is 10.2. The maximum absolute atomic E-state index is 12.5. The SMILES string of the molecule is COc1c(C)cc(OC(F)(F)F)nc1CF. The van der Waals surface area contributed by atoms with E-state index in [2.05, 4.69) is 9.72 Å². The van der Waals surface area contributed by atoms with Gasteiger partial charge in [0.05, 0.1) is 7.11 Å². The van der Waals surface area contributed by atoms with Crippen LogP contribution in [0.4, 0.5) is 17.6 Å². The Hall–Kier alpha value is -1.53. The summed E-state index contributed by atoms with van der Waals surface area (Å²) >= 11 is 0. The number of nitrogens with zero attached hydrogens (tertiary/aromatic N) is 1. The van der Waals surface area contributed by atoms with Gasteiger partial charge in [0, 0.05) is 6.07 Å². The van der Waals surface area contributed by atoms with Crippen LogP contribution in [0.15, 0.2) is 6.07 Å². The van der Waals surface area contributed by atoms with E-state index in [0.29, 0.717) is 5.56 Å². The zero-order chi connectivity index (χ0) is 12.3. The second-order valence-electron chi connectivity index (χ2n) is 2.94. The third-order valence-electron chi connectivity index (χ3n) is 1.76. The Morgan fingerprint density at radius 2 is 2.00 bits per heavy atom. The van der Waals surface area contributed by atoms with Gasteiger partial charge in [0.2, 0.25) is 5.88 Å². The van der Waals surface area contributed by atoms with E-state index in [-0.39, 0.29) is 11.4 Å². The minimum absolute atomic E-state index is 0.122. The molecule has 0 aliphatic heterocycles. The first kappa shape index (κ1) is 12.5. The molecule has 16 heavy (non-hydrogen) atoms. The fourth-order valence-electron chi connectivity index (χ4n) is 1.23. The summed E-state index contributed by atoms with van der Waals surface area (Å²) in [6, 6.07) is 1.03. The smallest absolute Gasteiger partial charge is 0.494 e. The van der Waals surface area contributed by atoms with Gasteiger partial charge in [-0.1, -0.05) is 0 Å². The fourth-order valence-corrected chi connectivity index (χ4v) is 1.23. The van der Waals surface area contributed by atoms with Crippen molar-refractivity contribution in [3.63, 3.8) is 0 Å². The highest BCUT2D eigenvalue weighted by molar-refractivity contribution is 5.39. The number of hydrogen-bond acceptors (Lipinski definition) is 3. The van der Waals surface area contributed by atoms with Crippen molar-refractivity contribution in [3.05, 3.63) is 17.3 Å². The van der Waals surface area contributed by atoms with Crippen molar-refractivity contribution in [2.24, 2.45) is 0 Å². The Bertz CT molecular complexity index is 379. The number of aromatic nitrogens is 1. The molecule has 0 aliphatic carbocycles. The Labute approximate surface area is 89.0 Å². The quantitative estimate of drug-likeness (QED) is 0.760. The molecule has 0 radical (unpaired) electrons. The molecule has 0 unspecified atom stereocenters. The summed E-state index contributed by atoms with van der Waals surface area (Å²) in [6.07, 6.45) is -4.85. The van der Waals surface area contributed by atoms with Crippen LogP contribution >= 0.6 is 0 Å². The van der Waals surface area contributed by atoms with Gasteiger partial charge >= 0.3 is 6.36 Å². The fraction of sp³-hybridized carbons (Fsp3) is 0.444. The first-order valence-electron chi connectivity index (χ1n) is 4.23. The van der Waals surface area contributed by atoms with E-state index in [1.54, 1.807) is 0 Å². The Balaban J connectivity index is 3.10. The van der Waals surface area contributed by atoms with Crippen LogP contribution in [0, 0.1) is 6.92 Å². The third-order valence-corrected chi connectivity index (χ3v) is 1.76. The third kappa shape index (κ3) is 2.98. The number of methoxy groups -OCH3 is 1. The summed E-state index contributed by atoms with van der Waals surface area (Å²) in [5.41, 5.74) is 0.103. The molecular weight excluding hydrogens is 230 g/mol. The Morgan fingerprint density at radius 1 is 1.38 bits per heavy atom. The zero-order valence-electron chi connectivity index (χ0n) is 8.56. The molecule has 1 aromatic heterocycles. The molecule has 0 saturated carbocycles. The molecule has 1 heterocycles. The van der Waals surface area contributed by atoms with E-state index in [1.807, 2.05) is 0 Å². The molecule has 1 aromatic rings. The van der Waals surface area contributed by atoms with E-state index in [1.165, 1.54) is 14.0 Å². The van der Waals surface area contributed by atoms with Crippen LogP contribution in [0.2, 0.25) is 0 Å². The summed E-state index contributed by atoms with van der Waals surface area (Å²) in [4.78, 5) is 3.37. The zero-order valence-corrected chi connectivity index (χ0v) is 8.56. The molecule has 7 heteroatoms. The van der Waals surface area contributed by atoms with Gasteiger partial charge in [-0.05, 0) is 12.5 Å². The van der Waals surface area contributed by atoms with Crippen molar-refractivity contribution < 1.29 is 27.0 Å². The highest BCUT2D eigenvalue weighted by atomic mass is 19.4. The molecule has 0 spiro atoms. The van der Waals surface area contributed by atoms with Crippen LogP contribution in [0.5, 0.6) is 11.6 Å². The maximum Gasteiger partial charge on any atom is 0.574 e. The van der Waals surface area contributed by atoms with Gasteiger partial charge in [-0.15, -0.1) is 13.2 Å². The summed E-state index contributed by atoms with van der Waals surface area (Å²) in [5, 5.41) is 0. The van der Waals surface area contributed by atoms with Gasteiger partial charge in [-0.3, -0.25) is 0 Å². The highest BCUT2D eigenvalue weighted by Crippen LogP contribution is 2.29. The summed E-state index contributed by atoms with van der Waals surface area (Å²) in [5.74, 6) is -0.574. The van der Waals surface area contributed by atoms with Crippen molar-refractivity contribution >= 4 is 0 Å². The minimum atomic E-state index is -4.85. The second kappa shape index (κ2) is 4.54. The molecule has 0 atom stereocenters. The predicted octanol–water partition coefficient (Wildman–Crippen LogP) is 2.77. The normalized spacial score (nSPS) is 11.4. The molecule has 90 valence electrons. The Kier molecular flexibility index (Phi) is 3.56. The van der Waals surface area contributed by atoms with Crippen LogP contribution in [0.25, 0.3) is 0 Å². The average Bonchev–Trinajstić information content (AvgIpc) is 2.14. The number of aryl methyl sites for hydroxylation is 1. The monoisotopic (exact) mass is 239 g/mol. The molecule has 0 saturated heterocycles. The molecule has 0 fully saturated rings. The van der Waals surface area contributed by atoms with Crippen molar-refractivity contribution in [3.8, 4) is 11.6 Å². The van der Waals surface area contributed by atoms with E-state index >= 15 is 0 Å². The maximum atomic E-state index is 12.5. The van der Waals surface area contributed by atoms with Crippen LogP contribution in [0.1, 0.15) is 11.3 Å². The molecule has 0 amide bonds. The van der Waals surface area contributed by atoms with E-state index in [0.717, 1.165) is 6.07 Å². The van der Waals surface area contributed by atoms with E-state index < -0.39 is 18.9 Å². The number of rotatable bonds is 3. The van der Waals surface area contributed by atoms with Crippen LogP contribution < -0.4 is 9.47 Å². The highest BCUT2D eigenvalue weighted by Gasteiger charge is 2.32. The molecule has 1 rings (SSSR count). The number of ether oxygens (including phenoxy) is 2. The first-order valence-corrected chi connectivity index (χ1v) is 4.23. The summed E-state index contributed by atoms with van der Waals surface area (Å²) < 4.78 is 56.6. The van der Waals surface area contributed by atoms with Gasteiger partial charge in [-0.25, -0.2) is 9.37 Å². The topological polar surface area (TPSA) is 31.4 Å². The lowest BCUT2D eigenvalue weighted by Gasteiger charge is -2.12. The largest absolute Gasteiger partial charge is 0.574 e. The first-order chi connectivity index (χ1) is 7.37. The van der Waals surface area contributed by atoms with Crippen molar-refractivity contribution in [1.29, 1.82) is 0 Å². The van der Waals surface area contributed by atoms with Crippen LogP contribution in [-0.2, 0) is 6.67 Å². The van der Waals surface area contributed by atoms with E-state index in [4.69, 9.17) is 4.74 Å². The lowest BCUT2D eigenvalue weighted by Crippen LogP contribution is -2.18. The van der Waals surface area contributed by atoms with Crippen LogP contribution in [0.3, 0.4) is 0 Å². The molecule has 0 aliphatic rings. The summed E-state index contributed by atoms with van der Waals surface area (Å²) in [6.45, 7) is 0.446. The van der Waals surface area contributed by atoms with Gasteiger partial charge < -0.3 is 9.47 Å². The number of halogens is 4. The Morgan fingerprint density at radius 3 is 2.44 bits per heavy atom. The van der Waals surface area contributed by atoms with Crippen molar-refractivity contribution in [2.75, 3.05) is 7.11 Å². The standard InChI is InChI=1S/C9H9F4NO2/c1-5-3-7(16-9(11,12)13)14-6(4-10)8(5)15-2/h3H,4H2,1-2H3. The number of alkyl halides is 4. The van der Waals surface area contributed by atoms with Gasteiger partial charge in [0.25, 0.3) is 0 Å². The predicted molar refractivity (Wildman–Crippen MR) is 47.0 cm³/mol. The lowest BCUT2D eigenvalue weighted by molar-refractivity contribution is -0.276. The number of pyridine rings is 1. The molecule has 3 nitrogen and oxygen atoms in total. The minimum Gasteiger partial charge on any atom is -0.494 e. The second-order valence-corrected chi connectivity index (χ2v) is 2.94. The number of hydrogen-bond donors (Lipinski definition) is 0. The average molecular weight is 239 g/mol. The molecule has 0 bridgehead atoms. The van der Waals surface area contributed by atoms with Crippen LogP contribution in [-0.4, -0.2) is 18.5 Å². The van der Waals surface area contributed by atoms with Crippen molar-refractivity contribution in [1.82, 2.24) is 4.98 Å². The molecule has 0 N–H and O–H groups in total. The van der Waals surface area contributed by atoms with Gasteiger partial charge in [0.15, 0.2) is 0 Å². The summed E-state index contributed by atoms with van der Waals surface area (Å²) in [7, 11) is 1.29. The molecular formula is C9H9F4NO2. The van der Waals surface area contributed by atoms with Crippen molar-refractivity contribution in [2.45, 2.75) is 20.0 Å². The van der Waals surface area contributed by atoms with Gasteiger partial charge in [-0.2, -0.15) is 0 Å². The van der Waals surface area contributed by atoms with Gasteiger partial charge in [0.1, 0.15) is 18.1 Å². The molecule has 0 aromatic carbocycles. The van der Waals surface area contributed by atoms with E-state index in [9.17, 15) is 17.6 Å².